The Hall–Kier alpha value is -3.62. The minimum absolute atomic E-state index is 0.0250. The number of Topliss-reactive ketones (excluding diaryl/α,β-unsaturated/α-hetero) is 3. The van der Waals surface area contributed by atoms with Crippen LogP contribution in [-0.4, -0.2) is 52.7 Å². The first-order valence-corrected chi connectivity index (χ1v) is 8.84. The molecule has 1 atom stereocenters. The van der Waals surface area contributed by atoms with Gasteiger partial charge < -0.3 is 26.0 Å². The molecule has 0 aliphatic heterocycles. The molecule has 0 unspecified atom stereocenters. The number of carbonyl (C=O) groups is 4. The van der Waals surface area contributed by atoms with Crippen molar-refractivity contribution in [2.45, 2.75) is 19.3 Å². The second-order valence-corrected chi connectivity index (χ2v) is 7.33. The summed E-state index contributed by atoms with van der Waals surface area (Å²) in [5, 5.41) is 30.2. The Balaban J connectivity index is 1.97. The van der Waals surface area contributed by atoms with E-state index in [1.54, 1.807) is 25.1 Å². The number of anilines is 1. The van der Waals surface area contributed by atoms with Crippen LogP contribution in [0.25, 0.3) is 0 Å². The maximum atomic E-state index is 12.6. The van der Waals surface area contributed by atoms with Gasteiger partial charge in [-0.15, -0.1) is 0 Å². The molecule has 0 saturated carbocycles. The summed E-state index contributed by atoms with van der Waals surface area (Å²) >= 11 is 0. The SMILES string of the molecule is CN(C)c1ccc(O)c2c1C[C@@H](CC1=C(O)C(=O)C(C(N)=O)=C(O)C1=O)CC2=O. The number of ketones is 3. The molecular weight excluding hydrogens is 380 g/mol. The first kappa shape index (κ1) is 20.1. The zero-order valence-corrected chi connectivity index (χ0v) is 15.9. The van der Waals surface area contributed by atoms with E-state index in [0.717, 1.165) is 5.69 Å². The maximum absolute atomic E-state index is 12.6. The molecule has 0 bridgehead atoms. The number of hydrogen-bond acceptors (Lipinski definition) is 8. The largest absolute Gasteiger partial charge is 0.507 e. The van der Waals surface area contributed by atoms with Crippen LogP contribution in [0.1, 0.15) is 28.8 Å². The predicted molar refractivity (Wildman–Crippen MR) is 102 cm³/mol. The van der Waals surface area contributed by atoms with Gasteiger partial charge in [0.05, 0.1) is 5.56 Å². The Morgan fingerprint density at radius 3 is 2.31 bits per heavy atom. The van der Waals surface area contributed by atoms with Gasteiger partial charge in [0.25, 0.3) is 5.91 Å². The summed E-state index contributed by atoms with van der Waals surface area (Å²) in [6, 6.07) is 3.11. The lowest BCUT2D eigenvalue weighted by atomic mass is 9.77. The third-order valence-corrected chi connectivity index (χ3v) is 5.19. The fourth-order valence-electron chi connectivity index (χ4n) is 3.86. The van der Waals surface area contributed by atoms with E-state index in [1.807, 2.05) is 0 Å². The van der Waals surface area contributed by atoms with Crippen LogP contribution in [0.2, 0.25) is 0 Å². The number of hydrogen-bond donors (Lipinski definition) is 4. The van der Waals surface area contributed by atoms with Gasteiger partial charge in [0.15, 0.2) is 17.3 Å². The highest BCUT2D eigenvalue weighted by atomic mass is 16.3. The van der Waals surface area contributed by atoms with Crippen molar-refractivity contribution in [3.05, 3.63) is 45.9 Å². The molecule has 0 saturated heterocycles. The van der Waals surface area contributed by atoms with Crippen molar-refractivity contribution in [1.82, 2.24) is 0 Å². The molecule has 29 heavy (non-hydrogen) atoms. The summed E-state index contributed by atoms with van der Waals surface area (Å²) in [5.74, 6) is -6.60. The van der Waals surface area contributed by atoms with Crippen molar-refractivity contribution in [3.63, 3.8) is 0 Å². The molecular formula is C20H20N2O7. The Bertz CT molecular complexity index is 1030. The number of primary amides is 1. The molecule has 9 nitrogen and oxygen atoms in total. The zero-order valence-electron chi connectivity index (χ0n) is 15.9. The van der Waals surface area contributed by atoms with Crippen molar-refractivity contribution in [2.24, 2.45) is 11.7 Å². The molecule has 1 aromatic rings. The minimum atomic E-state index is -1.32. The van der Waals surface area contributed by atoms with E-state index in [4.69, 9.17) is 5.73 Å². The molecule has 3 rings (SSSR count). The molecule has 0 spiro atoms. The van der Waals surface area contributed by atoms with Gasteiger partial charge in [0.1, 0.15) is 11.3 Å². The molecule has 1 amide bonds. The highest BCUT2D eigenvalue weighted by Crippen LogP contribution is 2.40. The standard InChI is InChI=1S/C20H20N2O7/c1-22(2)11-3-4-12(23)14-9(11)5-8(7-13(14)24)6-10-16(25)18(27)15(20(21)29)19(28)17(10)26/h3-4,8,23,25,28H,5-7H2,1-2H3,(H2,21,29)/t8-/m0/s1. The van der Waals surface area contributed by atoms with Crippen LogP contribution in [-0.2, 0) is 20.8 Å². The monoisotopic (exact) mass is 400 g/mol. The van der Waals surface area contributed by atoms with Crippen LogP contribution in [0.15, 0.2) is 34.8 Å². The van der Waals surface area contributed by atoms with Crippen molar-refractivity contribution < 1.29 is 34.5 Å². The molecule has 1 aromatic carbocycles. The second-order valence-electron chi connectivity index (χ2n) is 7.33. The number of aliphatic hydroxyl groups excluding tert-OH is 2. The van der Waals surface area contributed by atoms with Gasteiger partial charge in [-0.3, -0.25) is 19.2 Å². The van der Waals surface area contributed by atoms with E-state index in [1.165, 1.54) is 6.07 Å². The Labute approximate surface area is 165 Å². The number of aliphatic hydroxyl groups is 2. The van der Waals surface area contributed by atoms with Crippen LogP contribution < -0.4 is 10.6 Å². The van der Waals surface area contributed by atoms with Crippen LogP contribution in [0.4, 0.5) is 5.69 Å². The first-order chi connectivity index (χ1) is 13.5. The number of allylic oxidation sites excluding steroid dienone is 2. The minimum Gasteiger partial charge on any atom is -0.507 e. The summed E-state index contributed by atoms with van der Waals surface area (Å²) in [6.07, 6.45) is 0.109. The maximum Gasteiger partial charge on any atom is 0.256 e. The number of fused-ring (bicyclic) bond motifs is 1. The van der Waals surface area contributed by atoms with Crippen LogP contribution in [0, 0.1) is 5.92 Å². The number of aromatic hydroxyl groups is 1. The molecule has 0 aromatic heterocycles. The lowest BCUT2D eigenvalue weighted by Crippen LogP contribution is -2.33. The number of amides is 1. The number of carbonyl (C=O) groups excluding carboxylic acids is 4. The quantitative estimate of drug-likeness (QED) is 0.428. The summed E-state index contributed by atoms with van der Waals surface area (Å²) in [4.78, 5) is 50.3. The molecule has 0 radical (unpaired) electrons. The third-order valence-electron chi connectivity index (χ3n) is 5.19. The zero-order chi connectivity index (χ0) is 21.6. The summed E-state index contributed by atoms with van der Waals surface area (Å²) in [7, 11) is 3.57. The van der Waals surface area contributed by atoms with Gasteiger partial charge in [-0.05, 0) is 36.5 Å². The normalized spacial score (nSPS) is 19.5. The second kappa shape index (κ2) is 7.08. The predicted octanol–water partition coefficient (Wildman–Crippen LogP) is 0.855. The van der Waals surface area contributed by atoms with Gasteiger partial charge in [-0.25, -0.2) is 0 Å². The van der Waals surface area contributed by atoms with Gasteiger partial charge >= 0.3 is 0 Å². The number of phenolic OH excluding ortho intramolecular Hbond substituents is 1. The smallest absolute Gasteiger partial charge is 0.256 e. The number of nitrogens with two attached hydrogens (primary N) is 1. The van der Waals surface area contributed by atoms with E-state index >= 15 is 0 Å². The van der Waals surface area contributed by atoms with E-state index in [2.05, 4.69) is 0 Å². The Morgan fingerprint density at radius 2 is 1.72 bits per heavy atom. The molecule has 5 N–H and O–H groups in total. The molecule has 0 fully saturated rings. The fraction of sp³-hybridized carbons (Fsp3) is 0.300. The molecule has 0 heterocycles. The lowest BCUT2D eigenvalue weighted by molar-refractivity contribution is -0.124. The molecule has 152 valence electrons. The van der Waals surface area contributed by atoms with Crippen molar-refractivity contribution in [2.75, 3.05) is 19.0 Å². The third kappa shape index (κ3) is 3.24. The molecule has 2 aliphatic rings. The Kier molecular flexibility index (Phi) is 4.91. The van der Waals surface area contributed by atoms with Gasteiger partial charge in [-0.1, -0.05) is 0 Å². The number of phenols is 1. The average Bonchev–Trinajstić information content (AvgIpc) is 2.63. The van der Waals surface area contributed by atoms with E-state index < -0.39 is 40.5 Å². The highest BCUT2D eigenvalue weighted by molar-refractivity contribution is 6.33. The number of rotatable bonds is 4. The van der Waals surface area contributed by atoms with E-state index in [9.17, 15) is 34.5 Å². The number of nitrogens with zero attached hydrogens (tertiary/aromatic N) is 1. The van der Waals surface area contributed by atoms with Crippen LogP contribution >= 0.6 is 0 Å². The van der Waals surface area contributed by atoms with Crippen molar-refractivity contribution >= 4 is 28.9 Å². The summed E-state index contributed by atoms with van der Waals surface area (Å²) in [6.45, 7) is 0. The molecule has 2 aliphatic carbocycles. The summed E-state index contributed by atoms with van der Waals surface area (Å²) < 4.78 is 0. The average molecular weight is 400 g/mol. The first-order valence-electron chi connectivity index (χ1n) is 8.84. The topological polar surface area (TPSA) is 158 Å². The van der Waals surface area contributed by atoms with E-state index in [0.29, 0.717) is 12.0 Å². The van der Waals surface area contributed by atoms with Crippen LogP contribution in [0.5, 0.6) is 5.75 Å². The van der Waals surface area contributed by atoms with Gasteiger partial charge in [-0.2, -0.15) is 0 Å². The fourth-order valence-corrected chi connectivity index (χ4v) is 3.86. The number of benzene rings is 1. The Morgan fingerprint density at radius 1 is 1.07 bits per heavy atom. The van der Waals surface area contributed by atoms with Gasteiger partial charge in [0.2, 0.25) is 11.6 Å². The van der Waals surface area contributed by atoms with Crippen LogP contribution in [0.3, 0.4) is 0 Å². The van der Waals surface area contributed by atoms with E-state index in [-0.39, 0.29) is 35.5 Å². The van der Waals surface area contributed by atoms with Gasteiger partial charge in [0, 0.05) is 31.8 Å². The highest BCUT2D eigenvalue weighted by Gasteiger charge is 2.39. The van der Waals surface area contributed by atoms with Crippen molar-refractivity contribution in [3.8, 4) is 5.75 Å². The van der Waals surface area contributed by atoms with Crippen molar-refractivity contribution in [1.29, 1.82) is 0 Å². The lowest BCUT2D eigenvalue weighted by Gasteiger charge is -2.29. The molecule has 9 heteroatoms. The summed E-state index contributed by atoms with van der Waals surface area (Å²) in [5.41, 5.74) is 5.21.